The number of alkyl halides is 2. The highest BCUT2D eigenvalue weighted by molar-refractivity contribution is 5.72. The molecule has 1 unspecified atom stereocenters. The van der Waals surface area contributed by atoms with E-state index in [9.17, 15) is 8.78 Å². The summed E-state index contributed by atoms with van der Waals surface area (Å²) in [6.45, 7) is 1.45. The molecule has 2 aromatic rings. The van der Waals surface area contributed by atoms with Crippen LogP contribution in [0.4, 0.5) is 20.5 Å². The van der Waals surface area contributed by atoms with Gasteiger partial charge < -0.3 is 10.6 Å². The number of aromatic nitrogens is 3. The molecular weight excluding hydrogens is 348 g/mol. The second-order valence-electron chi connectivity index (χ2n) is 7.01. The minimum Gasteiger partial charge on any atom is -0.367 e. The van der Waals surface area contributed by atoms with E-state index in [1.165, 1.54) is 25.5 Å². The van der Waals surface area contributed by atoms with E-state index in [1.807, 2.05) is 0 Å². The Bertz CT molecular complexity index is 717. The Hall–Kier alpha value is -2.31. The van der Waals surface area contributed by atoms with Crippen LogP contribution in [-0.4, -0.2) is 33.7 Å². The molecule has 0 spiro atoms. The van der Waals surface area contributed by atoms with Gasteiger partial charge in [0.2, 0.25) is 5.95 Å². The van der Waals surface area contributed by atoms with Crippen LogP contribution in [-0.2, 0) is 6.67 Å². The van der Waals surface area contributed by atoms with Gasteiger partial charge in [0.05, 0.1) is 11.3 Å². The van der Waals surface area contributed by atoms with E-state index in [1.54, 1.807) is 25.3 Å². The maximum absolute atomic E-state index is 13.5. The number of anilines is 2. The lowest BCUT2D eigenvalue weighted by Crippen LogP contribution is -2.24. The highest BCUT2D eigenvalue weighted by Crippen LogP contribution is 2.29. The second-order valence-corrected chi connectivity index (χ2v) is 7.01. The van der Waals surface area contributed by atoms with Crippen molar-refractivity contribution < 1.29 is 8.78 Å². The molecule has 27 heavy (non-hydrogen) atoms. The highest BCUT2D eigenvalue weighted by atomic mass is 19.1. The molecule has 2 aromatic heterocycles. The maximum atomic E-state index is 13.5. The lowest BCUT2D eigenvalue weighted by atomic mass is 9.95. The van der Waals surface area contributed by atoms with Crippen LogP contribution in [0.5, 0.6) is 0 Å². The van der Waals surface area contributed by atoms with E-state index in [0.717, 1.165) is 18.4 Å². The van der Waals surface area contributed by atoms with Gasteiger partial charge in [0.25, 0.3) is 0 Å². The number of rotatable bonds is 8. The van der Waals surface area contributed by atoms with Crippen molar-refractivity contribution in [3.05, 3.63) is 30.1 Å². The van der Waals surface area contributed by atoms with E-state index >= 15 is 0 Å². The van der Waals surface area contributed by atoms with Crippen molar-refractivity contribution in [1.82, 2.24) is 15.0 Å². The van der Waals surface area contributed by atoms with Crippen LogP contribution in [0, 0.1) is 0 Å². The molecule has 2 heterocycles. The smallest absolute Gasteiger partial charge is 0.224 e. The molecule has 0 amide bonds. The summed E-state index contributed by atoms with van der Waals surface area (Å²) >= 11 is 0. The van der Waals surface area contributed by atoms with Gasteiger partial charge in [-0.05, 0) is 25.3 Å². The number of nitrogens with one attached hydrogen (secondary N) is 2. The van der Waals surface area contributed by atoms with Crippen LogP contribution in [0.1, 0.15) is 51.0 Å². The number of halogens is 2. The van der Waals surface area contributed by atoms with Gasteiger partial charge in [0.15, 0.2) is 0 Å². The van der Waals surface area contributed by atoms with E-state index in [0.29, 0.717) is 35.5 Å². The third-order valence-corrected chi connectivity index (χ3v) is 4.91. The Kier molecular flexibility index (Phi) is 6.90. The second kappa shape index (κ2) is 9.58. The van der Waals surface area contributed by atoms with Crippen molar-refractivity contribution in [3.63, 3.8) is 0 Å². The minimum atomic E-state index is -0.932. The van der Waals surface area contributed by atoms with Crippen LogP contribution in [0.25, 0.3) is 11.3 Å². The first-order valence-corrected chi connectivity index (χ1v) is 9.72. The minimum absolute atomic E-state index is 0.183. The summed E-state index contributed by atoms with van der Waals surface area (Å²) in [4.78, 5) is 13.2. The molecule has 2 N–H and O–H groups in total. The number of pyridine rings is 1. The van der Waals surface area contributed by atoms with Crippen molar-refractivity contribution in [3.8, 4) is 11.3 Å². The molecule has 5 nitrogen and oxygen atoms in total. The third-order valence-electron chi connectivity index (χ3n) is 4.91. The molecule has 1 fully saturated rings. The fourth-order valence-electron chi connectivity index (χ4n) is 3.21. The van der Waals surface area contributed by atoms with Crippen molar-refractivity contribution in [2.75, 3.05) is 17.2 Å². The van der Waals surface area contributed by atoms with Crippen molar-refractivity contribution in [2.45, 2.75) is 64.3 Å². The summed E-state index contributed by atoms with van der Waals surface area (Å²) in [5.41, 5.74) is 1.99. The van der Waals surface area contributed by atoms with Gasteiger partial charge in [-0.3, -0.25) is 4.98 Å². The fourth-order valence-corrected chi connectivity index (χ4v) is 3.21. The van der Waals surface area contributed by atoms with Crippen LogP contribution in [0.15, 0.2) is 24.5 Å². The summed E-state index contributed by atoms with van der Waals surface area (Å²) in [6, 6.07) is 3.85. The lowest BCUT2D eigenvalue weighted by molar-refractivity contribution is 0.340. The molecule has 1 aliphatic rings. The Labute approximate surface area is 159 Å². The first-order chi connectivity index (χ1) is 13.2. The molecule has 7 heteroatoms. The molecule has 1 atom stereocenters. The van der Waals surface area contributed by atoms with Crippen LogP contribution in [0.2, 0.25) is 0 Å². The number of nitrogens with zero attached hydrogens (tertiary/aromatic N) is 3. The van der Waals surface area contributed by atoms with Gasteiger partial charge in [-0.2, -0.15) is 4.98 Å². The summed E-state index contributed by atoms with van der Waals surface area (Å²) in [5.74, 6) is 1.08. The number of hydrogen-bond acceptors (Lipinski definition) is 5. The quantitative estimate of drug-likeness (QED) is 0.686. The SMILES string of the molecule is CCC(F)CNc1ncc(-c2ccc(CF)cn2)c(NC2CCCCC2)n1. The Morgan fingerprint density at radius 3 is 2.63 bits per heavy atom. The Morgan fingerprint density at radius 1 is 1.15 bits per heavy atom. The van der Waals surface area contributed by atoms with E-state index in [2.05, 4.69) is 25.6 Å². The van der Waals surface area contributed by atoms with Gasteiger partial charge in [-0.15, -0.1) is 0 Å². The molecule has 0 aliphatic heterocycles. The summed E-state index contributed by atoms with van der Waals surface area (Å²) in [7, 11) is 0. The van der Waals surface area contributed by atoms with Gasteiger partial charge >= 0.3 is 0 Å². The maximum Gasteiger partial charge on any atom is 0.224 e. The predicted octanol–water partition coefficient (Wildman–Crippen LogP) is 4.91. The van der Waals surface area contributed by atoms with Crippen LogP contribution < -0.4 is 10.6 Å². The zero-order valence-electron chi connectivity index (χ0n) is 15.7. The van der Waals surface area contributed by atoms with Gasteiger partial charge in [-0.25, -0.2) is 13.8 Å². The van der Waals surface area contributed by atoms with Crippen LogP contribution in [0.3, 0.4) is 0 Å². The lowest BCUT2D eigenvalue weighted by Gasteiger charge is -2.24. The zero-order chi connectivity index (χ0) is 19.1. The molecule has 0 bridgehead atoms. The summed E-state index contributed by atoms with van der Waals surface area (Å²) < 4.78 is 26.3. The number of hydrogen-bond donors (Lipinski definition) is 2. The highest BCUT2D eigenvalue weighted by Gasteiger charge is 2.18. The molecule has 1 aliphatic carbocycles. The average molecular weight is 375 g/mol. The van der Waals surface area contributed by atoms with Crippen molar-refractivity contribution in [1.29, 1.82) is 0 Å². The molecule has 0 saturated heterocycles. The average Bonchev–Trinajstić information content (AvgIpc) is 2.73. The summed E-state index contributed by atoms with van der Waals surface area (Å²) in [6.07, 6.45) is 8.60. The molecule has 3 rings (SSSR count). The van der Waals surface area contributed by atoms with E-state index < -0.39 is 12.8 Å². The van der Waals surface area contributed by atoms with E-state index in [4.69, 9.17) is 0 Å². The van der Waals surface area contributed by atoms with Crippen molar-refractivity contribution in [2.24, 2.45) is 0 Å². The monoisotopic (exact) mass is 375 g/mol. The molecule has 0 radical (unpaired) electrons. The molecule has 146 valence electrons. The largest absolute Gasteiger partial charge is 0.367 e. The predicted molar refractivity (Wildman–Crippen MR) is 104 cm³/mol. The van der Waals surface area contributed by atoms with Gasteiger partial charge in [0, 0.05) is 30.5 Å². The molecular formula is C20H27F2N5. The Morgan fingerprint density at radius 2 is 1.96 bits per heavy atom. The third kappa shape index (κ3) is 5.34. The molecule has 0 aromatic carbocycles. The standard InChI is InChI=1S/C20H27F2N5/c1-2-15(22)12-24-20-25-13-17(18-9-8-14(10-21)11-23-18)19(27-20)26-16-6-4-3-5-7-16/h8-9,11,13,15-16H,2-7,10,12H2,1H3,(H2,24,25,26,27). The summed E-state index contributed by atoms with van der Waals surface area (Å²) in [5, 5.41) is 6.48. The van der Waals surface area contributed by atoms with Crippen LogP contribution >= 0.6 is 0 Å². The zero-order valence-corrected chi connectivity index (χ0v) is 15.7. The van der Waals surface area contributed by atoms with E-state index in [-0.39, 0.29) is 6.54 Å². The van der Waals surface area contributed by atoms with Crippen molar-refractivity contribution >= 4 is 11.8 Å². The normalized spacial score (nSPS) is 16.1. The van der Waals surface area contributed by atoms with Gasteiger partial charge in [-0.1, -0.05) is 32.3 Å². The first-order valence-electron chi connectivity index (χ1n) is 9.72. The van der Waals surface area contributed by atoms with Gasteiger partial charge in [0.1, 0.15) is 18.7 Å². The molecule has 1 saturated carbocycles. The topological polar surface area (TPSA) is 62.7 Å². The fraction of sp³-hybridized carbons (Fsp3) is 0.550. The Balaban J connectivity index is 1.85. The first kappa shape index (κ1) is 19.5.